The Morgan fingerprint density at radius 3 is 2.82 bits per heavy atom. The molecule has 1 aromatic rings. The highest BCUT2D eigenvalue weighted by molar-refractivity contribution is 5.95. The first-order chi connectivity index (χ1) is 10.6. The molecule has 0 saturated carbocycles. The lowest BCUT2D eigenvalue weighted by molar-refractivity contribution is -0.122. The van der Waals surface area contributed by atoms with Crippen molar-refractivity contribution in [1.82, 2.24) is 15.2 Å². The number of anilines is 1. The fraction of sp³-hybridized carbons (Fsp3) is 0.533. The molecule has 0 aliphatic carbocycles. The number of nitrogens with one attached hydrogen (secondary N) is 2. The summed E-state index contributed by atoms with van der Waals surface area (Å²) in [5, 5.41) is 5.53. The molecule has 1 fully saturated rings. The van der Waals surface area contributed by atoms with Gasteiger partial charge in [0.15, 0.2) is 0 Å². The van der Waals surface area contributed by atoms with E-state index >= 15 is 0 Å². The molecule has 7 nitrogen and oxygen atoms in total. The van der Waals surface area contributed by atoms with Gasteiger partial charge in [0, 0.05) is 58.4 Å². The van der Waals surface area contributed by atoms with Crippen LogP contribution in [0.25, 0.3) is 0 Å². The van der Waals surface area contributed by atoms with Crippen molar-refractivity contribution in [2.24, 2.45) is 5.92 Å². The van der Waals surface area contributed by atoms with Crippen molar-refractivity contribution in [2.45, 2.75) is 12.5 Å². The van der Waals surface area contributed by atoms with E-state index in [-0.39, 0.29) is 23.8 Å². The standard InChI is InChI=1S/C15H22N4O3/c1-16-13-6-10(4-5-18-13)15(21)19-8-11(7-14(20)17-2)12(9-19)22-3/h4-6,11-12H,7-9H2,1-3H3,(H,16,18)(H,17,20)/t11-,12+/m1/s1. The molecule has 120 valence electrons. The number of hydrogen-bond acceptors (Lipinski definition) is 5. The Morgan fingerprint density at radius 1 is 1.41 bits per heavy atom. The summed E-state index contributed by atoms with van der Waals surface area (Å²) in [6.45, 7) is 1.01. The summed E-state index contributed by atoms with van der Waals surface area (Å²) < 4.78 is 5.43. The zero-order chi connectivity index (χ0) is 16.1. The number of hydrogen-bond donors (Lipinski definition) is 2. The van der Waals surface area contributed by atoms with Crippen molar-refractivity contribution >= 4 is 17.6 Å². The van der Waals surface area contributed by atoms with Gasteiger partial charge in [-0.15, -0.1) is 0 Å². The Morgan fingerprint density at radius 2 is 2.18 bits per heavy atom. The number of aromatic nitrogens is 1. The summed E-state index contributed by atoms with van der Waals surface area (Å²) in [4.78, 5) is 30.0. The maximum atomic E-state index is 12.6. The van der Waals surface area contributed by atoms with E-state index in [9.17, 15) is 9.59 Å². The Hall–Kier alpha value is -2.15. The predicted molar refractivity (Wildman–Crippen MR) is 82.7 cm³/mol. The first-order valence-electron chi connectivity index (χ1n) is 7.25. The van der Waals surface area contributed by atoms with Crippen LogP contribution in [-0.2, 0) is 9.53 Å². The van der Waals surface area contributed by atoms with E-state index in [1.54, 1.807) is 44.4 Å². The minimum atomic E-state index is -0.119. The van der Waals surface area contributed by atoms with Gasteiger partial charge in [0.05, 0.1) is 6.10 Å². The molecular weight excluding hydrogens is 284 g/mol. The van der Waals surface area contributed by atoms with E-state index in [1.165, 1.54) is 0 Å². The molecule has 0 spiro atoms. The molecule has 2 atom stereocenters. The molecule has 7 heteroatoms. The lowest BCUT2D eigenvalue weighted by Gasteiger charge is -2.16. The first-order valence-corrected chi connectivity index (χ1v) is 7.25. The highest BCUT2D eigenvalue weighted by atomic mass is 16.5. The molecule has 0 aromatic carbocycles. The molecule has 0 radical (unpaired) electrons. The molecule has 1 aromatic heterocycles. The summed E-state index contributed by atoms with van der Waals surface area (Å²) in [5.74, 6) is 0.554. The van der Waals surface area contributed by atoms with Crippen LogP contribution in [0.15, 0.2) is 18.3 Å². The highest BCUT2D eigenvalue weighted by Gasteiger charge is 2.36. The van der Waals surface area contributed by atoms with Gasteiger partial charge in [0.2, 0.25) is 5.91 Å². The van der Waals surface area contributed by atoms with E-state index in [2.05, 4.69) is 15.6 Å². The maximum Gasteiger partial charge on any atom is 0.254 e. The smallest absolute Gasteiger partial charge is 0.254 e. The van der Waals surface area contributed by atoms with Crippen LogP contribution >= 0.6 is 0 Å². The number of carbonyl (C=O) groups is 2. The Balaban J connectivity index is 2.09. The van der Waals surface area contributed by atoms with E-state index in [1.807, 2.05) is 0 Å². The summed E-state index contributed by atoms with van der Waals surface area (Å²) in [6.07, 6.45) is 1.84. The number of methoxy groups -OCH3 is 1. The fourth-order valence-corrected chi connectivity index (χ4v) is 2.69. The monoisotopic (exact) mass is 306 g/mol. The molecule has 1 saturated heterocycles. The van der Waals surface area contributed by atoms with E-state index in [0.717, 1.165) is 0 Å². The van der Waals surface area contributed by atoms with Gasteiger partial charge < -0.3 is 20.3 Å². The van der Waals surface area contributed by atoms with Gasteiger partial charge in [-0.05, 0) is 12.1 Å². The van der Waals surface area contributed by atoms with Crippen LogP contribution in [0.3, 0.4) is 0 Å². The number of ether oxygens (including phenoxy) is 1. The predicted octanol–water partition coefficient (Wildman–Crippen LogP) is 0.346. The quantitative estimate of drug-likeness (QED) is 0.820. The van der Waals surface area contributed by atoms with E-state index in [0.29, 0.717) is 30.9 Å². The van der Waals surface area contributed by atoms with Crippen molar-refractivity contribution in [2.75, 3.05) is 39.6 Å². The van der Waals surface area contributed by atoms with Crippen molar-refractivity contribution in [3.05, 3.63) is 23.9 Å². The lowest BCUT2D eigenvalue weighted by atomic mass is 10.0. The summed E-state index contributed by atoms with van der Waals surface area (Å²) >= 11 is 0. The molecule has 2 heterocycles. The number of rotatable bonds is 5. The SMILES string of the molecule is CNC(=O)C[C@@H]1CN(C(=O)c2ccnc(NC)c2)C[C@@H]1OC. The van der Waals surface area contributed by atoms with Crippen LogP contribution in [0, 0.1) is 5.92 Å². The van der Waals surface area contributed by atoms with Crippen LogP contribution in [0.1, 0.15) is 16.8 Å². The molecule has 1 aliphatic rings. The van der Waals surface area contributed by atoms with Crippen LogP contribution in [0.4, 0.5) is 5.82 Å². The largest absolute Gasteiger partial charge is 0.379 e. The number of amides is 2. The maximum absolute atomic E-state index is 12.6. The van der Waals surface area contributed by atoms with Gasteiger partial charge in [-0.25, -0.2) is 4.98 Å². The van der Waals surface area contributed by atoms with Crippen molar-refractivity contribution in [3.63, 3.8) is 0 Å². The first kappa shape index (κ1) is 16.2. The zero-order valence-electron chi connectivity index (χ0n) is 13.1. The second-order valence-electron chi connectivity index (χ2n) is 5.30. The van der Waals surface area contributed by atoms with Gasteiger partial charge in [-0.1, -0.05) is 0 Å². The molecule has 2 rings (SSSR count). The van der Waals surface area contributed by atoms with Crippen molar-refractivity contribution < 1.29 is 14.3 Å². The van der Waals surface area contributed by atoms with Crippen LogP contribution in [0.5, 0.6) is 0 Å². The lowest BCUT2D eigenvalue weighted by Crippen LogP contribution is -2.30. The molecule has 0 bridgehead atoms. The Labute approximate surface area is 130 Å². The highest BCUT2D eigenvalue weighted by Crippen LogP contribution is 2.24. The summed E-state index contributed by atoms with van der Waals surface area (Å²) in [5.41, 5.74) is 0.579. The summed E-state index contributed by atoms with van der Waals surface area (Å²) in [7, 11) is 4.98. The Bertz CT molecular complexity index is 549. The topological polar surface area (TPSA) is 83.6 Å². The number of pyridine rings is 1. The number of likely N-dealkylation sites (tertiary alicyclic amines) is 1. The normalized spacial score (nSPS) is 20.8. The molecule has 22 heavy (non-hydrogen) atoms. The zero-order valence-corrected chi connectivity index (χ0v) is 13.1. The van der Waals surface area contributed by atoms with Gasteiger partial charge in [0.25, 0.3) is 5.91 Å². The number of carbonyl (C=O) groups excluding carboxylic acids is 2. The average Bonchev–Trinajstić information content (AvgIpc) is 2.96. The molecule has 0 unspecified atom stereocenters. The summed E-state index contributed by atoms with van der Waals surface area (Å²) in [6, 6.07) is 3.41. The number of nitrogens with zero attached hydrogens (tertiary/aromatic N) is 2. The van der Waals surface area contributed by atoms with E-state index < -0.39 is 0 Å². The van der Waals surface area contributed by atoms with Gasteiger partial charge in [-0.2, -0.15) is 0 Å². The van der Waals surface area contributed by atoms with E-state index in [4.69, 9.17) is 4.74 Å². The second-order valence-corrected chi connectivity index (χ2v) is 5.30. The third-order valence-electron chi connectivity index (χ3n) is 3.96. The van der Waals surface area contributed by atoms with Crippen LogP contribution < -0.4 is 10.6 Å². The van der Waals surface area contributed by atoms with Gasteiger partial charge in [-0.3, -0.25) is 9.59 Å². The molecule has 1 aliphatic heterocycles. The third-order valence-corrected chi connectivity index (χ3v) is 3.96. The Kier molecular flexibility index (Phi) is 5.32. The fourth-order valence-electron chi connectivity index (χ4n) is 2.69. The molecular formula is C15H22N4O3. The van der Waals surface area contributed by atoms with Crippen molar-refractivity contribution in [1.29, 1.82) is 0 Å². The van der Waals surface area contributed by atoms with Crippen LogP contribution in [0.2, 0.25) is 0 Å². The van der Waals surface area contributed by atoms with Gasteiger partial charge >= 0.3 is 0 Å². The molecule has 2 N–H and O–H groups in total. The minimum Gasteiger partial charge on any atom is -0.379 e. The second kappa shape index (κ2) is 7.22. The van der Waals surface area contributed by atoms with Crippen molar-refractivity contribution in [3.8, 4) is 0 Å². The molecule has 2 amide bonds. The minimum absolute atomic E-state index is 0.0134. The average molecular weight is 306 g/mol. The third kappa shape index (κ3) is 3.54. The van der Waals surface area contributed by atoms with Gasteiger partial charge in [0.1, 0.15) is 5.82 Å². The van der Waals surface area contributed by atoms with Crippen LogP contribution in [-0.4, -0.2) is 62.1 Å².